The van der Waals surface area contributed by atoms with Crippen molar-refractivity contribution in [2.45, 2.75) is 21.5 Å². The van der Waals surface area contributed by atoms with Crippen molar-refractivity contribution in [3.05, 3.63) is 102 Å². The minimum absolute atomic E-state index is 0.00187. The predicted octanol–water partition coefficient (Wildman–Crippen LogP) is 8.21. The van der Waals surface area contributed by atoms with E-state index in [1.165, 1.54) is 13.4 Å². The van der Waals surface area contributed by atoms with Crippen LogP contribution in [-0.4, -0.2) is 5.25 Å². The molecule has 0 spiro atoms. The molecule has 3 aromatic carbocycles. The van der Waals surface area contributed by atoms with E-state index in [1.807, 2.05) is 0 Å². The molecule has 0 aromatic heterocycles. The number of ether oxygens (including phenoxy) is 1. The number of hydrogen-bond donors (Lipinski definition) is 0. The minimum Gasteiger partial charge on any atom is -0.455 e. The summed E-state index contributed by atoms with van der Waals surface area (Å²) in [6.45, 7) is 0. The zero-order valence-electron chi connectivity index (χ0n) is 15.4. The van der Waals surface area contributed by atoms with Crippen molar-refractivity contribution in [2.24, 2.45) is 0 Å². The van der Waals surface area contributed by atoms with Crippen LogP contribution in [0.1, 0.15) is 6.42 Å². The Morgan fingerprint density at radius 2 is 1.45 bits per heavy atom. The third-order valence-corrected chi connectivity index (χ3v) is 9.24. The Labute approximate surface area is 215 Å². The van der Waals surface area contributed by atoms with Gasteiger partial charge in [0, 0.05) is 9.99 Å². The van der Waals surface area contributed by atoms with E-state index in [0.29, 0.717) is 5.25 Å². The van der Waals surface area contributed by atoms with Crippen molar-refractivity contribution in [1.82, 2.24) is 0 Å². The van der Waals surface area contributed by atoms with Crippen LogP contribution in [0.5, 0.6) is 11.5 Å². The van der Waals surface area contributed by atoms with Crippen molar-refractivity contribution in [2.75, 3.05) is 0 Å². The van der Waals surface area contributed by atoms with Gasteiger partial charge in [-0.3, -0.25) is 0 Å². The Morgan fingerprint density at radius 1 is 0.793 bits per heavy atom. The number of hydrogen-bond acceptors (Lipinski definition) is 1. The van der Waals surface area contributed by atoms with Crippen LogP contribution in [0, 0.1) is 10.7 Å². The Bertz CT molecular complexity index is 1020. The lowest BCUT2D eigenvalue weighted by atomic mass is 10.2. The van der Waals surface area contributed by atoms with Gasteiger partial charge in [0.2, 0.25) is 0 Å². The molecule has 3 aromatic rings. The summed E-state index contributed by atoms with van der Waals surface area (Å²) in [6, 6.07) is 23.8. The molecule has 1 aliphatic carbocycles. The first-order valence-corrected chi connectivity index (χ1v) is 13.7. The van der Waals surface area contributed by atoms with Gasteiger partial charge in [0.15, 0.2) is 20.8 Å². The van der Waals surface area contributed by atoms with E-state index >= 15 is 0 Å². The molecular formula is C24H18I3OS+. The zero-order chi connectivity index (χ0) is 20.2. The number of rotatable bonds is 5. The summed E-state index contributed by atoms with van der Waals surface area (Å²) >= 11 is 7.03. The fourth-order valence-corrected chi connectivity index (χ4v) is 9.39. The first-order valence-electron chi connectivity index (χ1n) is 9.16. The third-order valence-electron chi connectivity index (χ3n) is 4.50. The molecule has 0 saturated carbocycles. The summed E-state index contributed by atoms with van der Waals surface area (Å²) in [6.07, 6.45) is 10.0. The van der Waals surface area contributed by atoms with E-state index in [2.05, 4.69) is 159 Å². The molecule has 1 nitrogen and oxygen atoms in total. The van der Waals surface area contributed by atoms with E-state index in [9.17, 15) is 0 Å². The van der Waals surface area contributed by atoms with E-state index in [-0.39, 0.29) is 10.9 Å². The highest BCUT2D eigenvalue weighted by Gasteiger charge is 2.33. The highest BCUT2D eigenvalue weighted by atomic mass is 127. The lowest BCUT2D eigenvalue weighted by molar-refractivity contribution is 0.475. The molecule has 0 saturated heterocycles. The third kappa shape index (κ3) is 5.40. The van der Waals surface area contributed by atoms with Gasteiger partial charge in [0.1, 0.15) is 5.75 Å². The second-order valence-corrected chi connectivity index (χ2v) is 12.3. The SMILES string of the molecule is Ic1cc(I)c(Oc2ccc([S+](c3ccccc3)C3C=CC=CC3)cc2)c(I)c1. The number of allylic oxidation sites excluding steroid dienone is 3. The second-order valence-electron chi connectivity index (χ2n) is 6.51. The molecule has 0 amide bonds. The Hall–Kier alpha value is -0.520. The van der Waals surface area contributed by atoms with Gasteiger partial charge in [0.25, 0.3) is 0 Å². The van der Waals surface area contributed by atoms with Gasteiger partial charge in [-0.2, -0.15) is 0 Å². The minimum atomic E-state index is -0.00187. The highest BCUT2D eigenvalue weighted by Crippen LogP contribution is 2.36. The lowest BCUT2D eigenvalue weighted by Gasteiger charge is -2.17. The predicted molar refractivity (Wildman–Crippen MR) is 148 cm³/mol. The Morgan fingerprint density at radius 3 is 2.07 bits per heavy atom. The molecule has 5 heteroatoms. The van der Waals surface area contributed by atoms with Gasteiger partial charge < -0.3 is 4.74 Å². The van der Waals surface area contributed by atoms with Crippen molar-refractivity contribution >= 4 is 78.7 Å². The normalized spacial score (nSPS) is 16.6. The molecule has 29 heavy (non-hydrogen) atoms. The summed E-state index contributed by atoms with van der Waals surface area (Å²) in [5.74, 6) is 1.81. The molecule has 2 unspecified atom stereocenters. The van der Waals surface area contributed by atoms with Crippen LogP contribution < -0.4 is 4.74 Å². The van der Waals surface area contributed by atoms with E-state index in [1.54, 1.807) is 0 Å². The van der Waals surface area contributed by atoms with Crippen LogP contribution in [0.2, 0.25) is 0 Å². The number of benzene rings is 3. The van der Waals surface area contributed by atoms with E-state index < -0.39 is 0 Å². The summed E-state index contributed by atoms with van der Waals surface area (Å²) in [5, 5.41) is 0.493. The topological polar surface area (TPSA) is 9.23 Å². The fourth-order valence-electron chi connectivity index (χ4n) is 3.18. The summed E-state index contributed by atoms with van der Waals surface area (Å²) in [7, 11) is -0.00187. The summed E-state index contributed by atoms with van der Waals surface area (Å²) < 4.78 is 9.72. The van der Waals surface area contributed by atoms with Crippen LogP contribution >= 0.6 is 67.8 Å². The van der Waals surface area contributed by atoms with Crippen molar-refractivity contribution in [3.8, 4) is 11.5 Å². The maximum absolute atomic E-state index is 6.24. The van der Waals surface area contributed by atoms with Gasteiger partial charge in [0.05, 0.1) is 18.0 Å². The van der Waals surface area contributed by atoms with Crippen molar-refractivity contribution < 1.29 is 4.74 Å². The van der Waals surface area contributed by atoms with Crippen LogP contribution in [0.25, 0.3) is 0 Å². The van der Waals surface area contributed by atoms with Gasteiger partial charge in [-0.1, -0.05) is 36.4 Å². The Balaban J connectivity index is 1.63. The fraction of sp³-hybridized carbons (Fsp3) is 0.0833. The highest BCUT2D eigenvalue weighted by molar-refractivity contribution is 14.1. The van der Waals surface area contributed by atoms with Gasteiger partial charge >= 0.3 is 0 Å². The lowest BCUT2D eigenvalue weighted by Crippen LogP contribution is -2.20. The number of halogens is 3. The Kier molecular flexibility index (Phi) is 7.63. The monoisotopic (exact) mass is 735 g/mol. The van der Waals surface area contributed by atoms with Gasteiger partial charge in [-0.25, -0.2) is 0 Å². The average molecular weight is 735 g/mol. The van der Waals surface area contributed by atoms with Crippen LogP contribution in [0.15, 0.2) is 101 Å². The maximum Gasteiger partial charge on any atom is 0.161 e. The zero-order valence-corrected chi connectivity index (χ0v) is 22.7. The molecule has 0 heterocycles. The molecule has 1 aliphatic rings. The van der Waals surface area contributed by atoms with Crippen molar-refractivity contribution in [3.63, 3.8) is 0 Å². The maximum atomic E-state index is 6.24. The molecule has 0 bridgehead atoms. The van der Waals surface area contributed by atoms with E-state index in [0.717, 1.165) is 25.1 Å². The van der Waals surface area contributed by atoms with E-state index in [4.69, 9.17) is 4.74 Å². The molecule has 0 N–H and O–H groups in total. The molecule has 0 fully saturated rings. The second kappa shape index (κ2) is 10.2. The first kappa shape index (κ1) is 21.7. The summed E-state index contributed by atoms with van der Waals surface area (Å²) in [5.41, 5.74) is 0. The first-order chi connectivity index (χ1) is 14.1. The molecular weight excluding hydrogens is 717 g/mol. The van der Waals surface area contributed by atoms with Crippen LogP contribution in [0.4, 0.5) is 0 Å². The van der Waals surface area contributed by atoms with Crippen molar-refractivity contribution in [1.29, 1.82) is 0 Å². The average Bonchev–Trinajstić information content (AvgIpc) is 2.73. The quantitative estimate of drug-likeness (QED) is 0.190. The molecule has 0 aliphatic heterocycles. The molecule has 2 atom stereocenters. The summed E-state index contributed by atoms with van der Waals surface area (Å²) in [4.78, 5) is 2.73. The largest absolute Gasteiger partial charge is 0.455 e. The smallest absolute Gasteiger partial charge is 0.161 e. The molecule has 4 rings (SSSR count). The van der Waals surface area contributed by atoms with Gasteiger partial charge in [-0.05, 0) is 122 Å². The molecule has 0 radical (unpaired) electrons. The van der Waals surface area contributed by atoms with Gasteiger partial charge in [-0.15, -0.1) is 0 Å². The molecule has 146 valence electrons. The van der Waals surface area contributed by atoms with Crippen LogP contribution in [0.3, 0.4) is 0 Å². The standard InChI is InChI=1S/C24H18I3OS/c25-17-15-22(26)24(23(27)16-17)28-18-11-13-21(14-12-18)29(19-7-3-1-4-8-19)20-9-5-2-6-10-20/h1-9,11-16,20H,10H2/q+1. The van der Waals surface area contributed by atoms with Crippen LogP contribution in [-0.2, 0) is 10.9 Å².